The Bertz CT molecular complexity index is 136. The molecule has 0 heterocycles. The average Bonchev–Trinajstić information content (AvgIpc) is 1.81. The number of hydrogen-bond acceptors (Lipinski definition) is 0. The fourth-order valence-electron chi connectivity index (χ4n) is 1.95. The minimum Gasteiger partial charge on any atom is -1.00 e. The van der Waals surface area contributed by atoms with E-state index >= 15 is 0 Å². The van der Waals surface area contributed by atoms with E-state index in [1.165, 1.54) is 6.54 Å². The third-order valence-electron chi connectivity index (χ3n) is 3.59. The Morgan fingerprint density at radius 1 is 0.846 bits per heavy atom. The lowest BCUT2D eigenvalue weighted by atomic mass is 9.92. The molecule has 0 saturated heterocycles. The topological polar surface area (TPSA) is 0 Å². The molecule has 0 radical (unpaired) electrons. The maximum atomic E-state index is 2.35. The molecular formula is C11H26ClN. The molecule has 0 saturated carbocycles. The van der Waals surface area contributed by atoms with Crippen molar-refractivity contribution in [1.29, 1.82) is 0 Å². The van der Waals surface area contributed by atoms with Gasteiger partial charge < -0.3 is 16.9 Å². The Labute approximate surface area is 90.5 Å². The quantitative estimate of drug-likeness (QED) is 0.534. The average molecular weight is 208 g/mol. The summed E-state index contributed by atoms with van der Waals surface area (Å²) in [6.45, 7) is 17.4. The second kappa shape index (κ2) is 4.18. The monoisotopic (exact) mass is 207 g/mol. The van der Waals surface area contributed by atoms with E-state index < -0.39 is 0 Å². The molecule has 82 valence electrons. The van der Waals surface area contributed by atoms with Crippen LogP contribution in [0.2, 0.25) is 0 Å². The molecule has 0 aliphatic heterocycles. The molecule has 0 N–H and O–H groups in total. The summed E-state index contributed by atoms with van der Waals surface area (Å²) in [6, 6.07) is 0. The van der Waals surface area contributed by atoms with Crippen LogP contribution in [0.15, 0.2) is 0 Å². The zero-order chi connectivity index (χ0) is 10.2. The first-order valence-electron chi connectivity index (χ1n) is 4.92. The minimum atomic E-state index is 0. The van der Waals surface area contributed by atoms with Crippen LogP contribution in [0.5, 0.6) is 0 Å². The van der Waals surface area contributed by atoms with Crippen molar-refractivity contribution in [2.45, 2.75) is 59.5 Å². The van der Waals surface area contributed by atoms with Gasteiger partial charge in [0.1, 0.15) is 0 Å². The van der Waals surface area contributed by atoms with E-state index in [-0.39, 0.29) is 12.4 Å². The third-order valence-corrected chi connectivity index (χ3v) is 3.59. The second-order valence-corrected chi connectivity index (χ2v) is 5.85. The zero-order valence-corrected chi connectivity index (χ0v) is 11.3. The summed E-state index contributed by atoms with van der Waals surface area (Å²) in [6.07, 6.45) is 0. The van der Waals surface area contributed by atoms with Gasteiger partial charge in [-0.3, -0.25) is 0 Å². The summed E-state index contributed by atoms with van der Waals surface area (Å²) >= 11 is 0. The zero-order valence-electron chi connectivity index (χ0n) is 10.5. The van der Waals surface area contributed by atoms with Gasteiger partial charge in [0.25, 0.3) is 0 Å². The number of hydrogen-bond donors (Lipinski definition) is 0. The van der Waals surface area contributed by atoms with E-state index in [0.29, 0.717) is 11.1 Å². The highest BCUT2D eigenvalue weighted by molar-refractivity contribution is 4.71. The highest BCUT2D eigenvalue weighted by Crippen LogP contribution is 2.32. The molecule has 0 aromatic carbocycles. The van der Waals surface area contributed by atoms with Crippen molar-refractivity contribution in [2.24, 2.45) is 0 Å². The van der Waals surface area contributed by atoms with Gasteiger partial charge in [0.05, 0.1) is 24.7 Å². The molecule has 0 unspecified atom stereocenters. The molecule has 0 amide bonds. The maximum absolute atomic E-state index is 2.35. The highest BCUT2D eigenvalue weighted by Gasteiger charge is 2.43. The molecular weight excluding hydrogens is 182 g/mol. The van der Waals surface area contributed by atoms with Crippen LogP contribution < -0.4 is 12.4 Å². The molecule has 0 rings (SSSR count). The van der Waals surface area contributed by atoms with Gasteiger partial charge in [0.2, 0.25) is 0 Å². The summed E-state index contributed by atoms with van der Waals surface area (Å²) in [5, 5.41) is 0. The smallest absolute Gasteiger partial charge is 0.0909 e. The Hall–Kier alpha value is 0.250. The first kappa shape index (κ1) is 15.7. The Kier molecular flexibility index (Phi) is 5.06. The van der Waals surface area contributed by atoms with Gasteiger partial charge in [0, 0.05) is 0 Å². The van der Waals surface area contributed by atoms with Crippen LogP contribution >= 0.6 is 0 Å². The lowest BCUT2D eigenvalue weighted by Crippen LogP contribution is -3.00. The van der Waals surface area contributed by atoms with Crippen molar-refractivity contribution in [2.75, 3.05) is 13.6 Å². The van der Waals surface area contributed by atoms with Crippen molar-refractivity contribution in [3.63, 3.8) is 0 Å². The van der Waals surface area contributed by atoms with Crippen molar-refractivity contribution < 1.29 is 16.9 Å². The Morgan fingerprint density at radius 3 is 1.08 bits per heavy atom. The molecule has 0 aliphatic carbocycles. The Balaban J connectivity index is 0. The number of nitrogens with zero attached hydrogens (tertiary/aromatic N) is 1. The lowest BCUT2D eigenvalue weighted by Gasteiger charge is -2.54. The fraction of sp³-hybridized carbons (Fsp3) is 1.00. The van der Waals surface area contributed by atoms with Gasteiger partial charge in [-0.15, -0.1) is 0 Å². The van der Waals surface area contributed by atoms with Gasteiger partial charge in [-0.05, 0) is 48.5 Å². The van der Waals surface area contributed by atoms with Crippen molar-refractivity contribution >= 4 is 0 Å². The fourth-order valence-corrected chi connectivity index (χ4v) is 1.95. The van der Waals surface area contributed by atoms with Crippen LogP contribution in [0.3, 0.4) is 0 Å². The van der Waals surface area contributed by atoms with E-state index in [1.54, 1.807) is 0 Å². The first-order valence-corrected chi connectivity index (χ1v) is 4.92. The number of rotatable bonds is 1. The predicted octanol–water partition coefficient (Wildman–Crippen LogP) is 0.0539. The molecule has 0 aromatic heterocycles. The SMILES string of the molecule is CC[N+](C)(C(C)(C)C)C(C)(C)C.[Cl-]. The predicted molar refractivity (Wildman–Crippen MR) is 56.2 cm³/mol. The van der Waals surface area contributed by atoms with Crippen LogP contribution in [0.1, 0.15) is 48.5 Å². The van der Waals surface area contributed by atoms with Crippen LogP contribution in [0.25, 0.3) is 0 Å². The second-order valence-electron chi connectivity index (χ2n) is 5.85. The van der Waals surface area contributed by atoms with Gasteiger partial charge in [-0.1, -0.05) is 0 Å². The van der Waals surface area contributed by atoms with Gasteiger partial charge in [-0.25, -0.2) is 0 Å². The summed E-state index contributed by atoms with van der Waals surface area (Å²) in [5.41, 5.74) is 0.653. The van der Waals surface area contributed by atoms with Gasteiger partial charge in [0.15, 0.2) is 0 Å². The van der Waals surface area contributed by atoms with Crippen LogP contribution in [0.4, 0.5) is 0 Å². The van der Waals surface area contributed by atoms with Crippen molar-refractivity contribution in [3.05, 3.63) is 0 Å². The molecule has 2 heteroatoms. The molecule has 0 aromatic rings. The molecule has 0 fully saturated rings. The van der Waals surface area contributed by atoms with Crippen LogP contribution in [0, 0.1) is 0 Å². The van der Waals surface area contributed by atoms with Gasteiger partial charge >= 0.3 is 0 Å². The molecule has 0 aliphatic rings. The minimum absolute atomic E-state index is 0. The van der Waals surface area contributed by atoms with E-state index in [0.717, 1.165) is 4.48 Å². The maximum Gasteiger partial charge on any atom is 0.0909 e. The molecule has 0 spiro atoms. The van der Waals surface area contributed by atoms with Gasteiger partial charge in [-0.2, -0.15) is 0 Å². The largest absolute Gasteiger partial charge is 1.00 e. The number of quaternary nitrogens is 1. The normalized spacial score (nSPS) is 13.8. The van der Waals surface area contributed by atoms with Crippen LogP contribution in [-0.2, 0) is 0 Å². The van der Waals surface area contributed by atoms with E-state index in [1.807, 2.05) is 0 Å². The van der Waals surface area contributed by atoms with E-state index in [4.69, 9.17) is 0 Å². The summed E-state index contributed by atoms with van der Waals surface area (Å²) < 4.78 is 1.11. The Morgan fingerprint density at radius 2 is 1.08 bits per heavy atom. The summed E-state index contributed by atoms with van der Waals surface area (Å²) in [5.74, 6) is 0. The van der Waals surface area contributed by atoms with E-state index in [9.17, 15) is 0 Å². The first-order chi connectivity index (χ1) is 5.06. The molecule has 0 atom stereocenters. The summed E-state index contributed by atoms with van der Waals surface area (Å²) in [4.78, 5) is 0. The lowest BCUT2D eigenvalue weighted by molar-refractivity contribution is -0.992. The summed E-state index contributed by atoms with van der Waals surface area (Å²) in [7, 11) is 2.35. The molecule has 0 bridgehead atoms. The highest BCUT2D eigenvalue weighted by atomic mass is 35.5. The molecule has 13 heavy (non-hydrogen) atoms. The van der Waals surface area contributed by atoms with Crippen molar-refractivity contribution in [1.82, 2.24) is 0 Å². The molecule has 1 nitrogen and oxygen atoms in total. The van der Waals surface area contributed by atoms with Crippen LogP contribution in [-0.4, -0.2) is 29.2 Å². The van der Waals surface area contributed by atoms with Crippen molar-refractivity contribution in [3.8, 4) is 0 Å². The third kappa shape index (κ3) is 2.85. The van der Waals surface area contributed by atoms with E-state index in [2.05, 4.69) is 55.5 Å². The number of halogens is 1. The standard InChI is InChI=1S/C11H26N.ClH/c1-9-12(8,10(2,3)4)11(5,6)7;/h9H2,1-8H3;1H/q+1;/p-1.